The molecule has 0 saturated carbocycles. The Bertz CT molecular complexity index is 364. The van der Waals surface area contributed by atoms with Crippen molar-refractivity contribution in [3.8, 4) is 5.75 Å². The molecular weight excluding hydrogens is 224 g/mol. The van der Waals surface area contributed by atoms with Gasteiger partial charge in [0.25, 0.3) is 0 Å². The fourth-order valence-electron chi connectivity index (χ4n) is 1.89. The van der Waals surface area contributed by atoms with E-state index in [0.29, 0.717) is 6.04 Å². The lowest BCUT2D eigenvalue weighted by atomic mass is 10.0. The molecule has 1 atom stereocenters. The number of benzene rings is 1. The zero-order valence-electron chi connectivity index (χ0n) is 12.3. The summed E-state index contributed by atoms with van der Waals surface area (Å²) in [6.07, 6.45) is 0. The van der Waals surface area contributed by atoms with Crippen LogP contribution in [0.25, 0.3) is 0 Å². The molecule has 0 fully saturated rings. The topological polar surface area (TPSA) is 24.5 Å². The van der Waals surface area contributed by atoms with Crippen LogP contribution in [0.15, 0.2) is 18.2 Å². The number of hydrogen-bond acceptors (Lipinski definition) is 3. The lowest BCUT2D eigenvalue weighted by Gasteiger charge is -2.19. The van der Waals surface area contributed by atoms with Crippen molar-refractivity contribution >= 4 is 0 Å². The highest BCUT2D eigenvalue weighted by Gasteiger charge is 2.11. The summed E-state index contributed by atoms with van der Waals surface area (Å²) in [4.78, 5) is 2.13. The van der Waals surface area contributed by atoms with Gasteiger partial charge in [-0.25, -0.2) is 0 Å². The van der Waals surface area contributed by atoms with Crippen molar-refractivity contribution in [2.75, 3.05) is 33.8 Å². The van der Waals surface area contributed by atoms with Crippen LogP contribution in [0.3, 0.4) is 0 Å². The van der Waals surface area contributed by atoms with Gasteiger partial charge in [0.15, 0.2) is 0 Å². The monoisotopic (exact) mass is 250 g/mol. The number of ether oxygens (including phenoxy) is 1. The molecule has 18 heavy (non-hydrogen) atoms. The molecule has 0 aliphatic rings. The van der Waals surface area contributed by atoms with Crippen LogP contribution in [0, 0.1) is 6.92 Å². The summed E-state index contributed by atoms with van der Waals surface area (Å²) in [6, 6.07) is 6.71. The zero-order chi connectivity index (χ0) is 13.5. The number of nitrogens with one attached hydrogen (secondary N) is 1. The lowest BCUT2D eigenvalue weighted by Crippen LogP contribution is -2.21. The molecule has 0 aliphatic carbocycles. The molecule has 0 radical (unpaired) electrons. The standard InChI is InChI=1S/C15H26N2O/c1-6-16-13(3)14-11-12(2)7-8-15(14)18-10-9-17(4)5/h7-8,11,13,16H,6,9-10H2,1-5H3. The molecule has 0 heterocycles. The molecule has 0 spiro atoms. The summed E-state index contributed by atoms with van der Waals surface area (Å²) in [6.45, 7) is 9.04. The van der Waals surface area contributed by atoms with Crippen LogP contribution in [-0.4, -0.2) is 38.7 Å². The molecule has 0 aromatic heterocycles. The molecule has 0 amide bonds. The second-order valence-corrected chi connectivity index (χ2v) is 4.97. The molecule has 1 N–H and O–H groups in total. The number of aryl methyl sites for hydroxylation is 1. The maximum Gasteiger partial charge on any atom is 0.124 e. The van der Waals surface area contributed by atoms with Gasteiger partial charge in [0.1, 0.15) is 12.4 Å². The largest absolute Gasteiger partial charge is 0.492 e. The normalized spacial score (nSPS) is 12.8. The van der Waals surface area contributed by atoms with Crippen LogP contribution in [0.5, 0.6) is 5.75 Å². The molecule has 1 aromatic rings. The molecular formula is C15H26N2O. The van der Waals surface area contributed by atoms with Gasteiger partial charge in [0.2, 0.25) is 0 Å². The third kappa shape index (κ3) is 4.67. The average Bonchev–Trinajstić information content (AvgIpc) is 2.31. The van der Waals surface area contributed by atoms with Gasteiger partial charge in [-0.05, 0) is 40.6 Å². The molecule has 3 heteroatoms. The average molecular weight is 250 g/mol. The second-order valence-electron chi connectivity index (χ2n) is 4.97. The highest BCUT2D eigenvalue weighted by atomic mass is 16.5. The maximum absolute atomic E-state index is 5.89. The van der Waals surface area contributed by atoms with E-state index < -0.39 is 0 Å². The van der Waals surface area contributed by atoms with Crippen LogP contribution in [0.1, 0.15) is 31.0 Å². The van der Waals surface area contributed by atoms with E-state index >= 15 is 0 Å². The lowest BCUT2D eigenvalue weighted by molar-refractivity contribution is 0.258. The van der Waals surface area contributed by atoms with Crippen molar-refractivity contribution in [3.05, 3.63) is 29.3 Å². The second kappa shape index (κ2) is 7.39. The van der Waals surface area contributed by atoms with Gasteiger partial charge in [0, 0.05) is 18.2 Å². The molecule has 102 valence electrons. The van der Waals surface area contributed by atoms with Crippen molar-refractivity contribution in [1.82, 2.24) is 10.2 Å². The van der Waals surface area contributed by atoms with E-state index in [4.69, 9.17) is 4.74 Å². The Hall–Kier alpha value is -1.06. The fraction of sp³-hybridized carbons (Fsp3) is 0.600. The van der Waals surface area contributed by atoms with Gasteiger partial charge in [-0.15, -0.1) is 0 Å². The van der Waals surface area contributed by atoms with E-state index in [1.54, 1.807) is 0 Å². The third-order valence-electron chi connectivity index (χ3n) is 2.94. The van der Waals surface area contributed by atoms with Crippen molar-refractivity contribution in [2.45, 2.75) is 26.8 Å². The van der Waals surface area contributed by atoms with Gasteiger partial charge in [-0.3, -0.25) is 0 Å². The first-order valence-electron chi connectivity index (χ1n) is 6.66. The van der Waals surface area contributed by atoms with Crippen LogP contribution in [-0.2, 0) is 0 Å². The van der Waals surface area contributed by atoms with Gasteiger partial charge < -0.3 is 15.0 Å². The minimum Gasteiger partial charge on any atom is -0.492 e. The van der Waals surface area contributed by atoms with E-state index in [0.717, 1.165) is 25.4 Å². The molecule has 0 aliphatic heterocycles. The summed E-state index contributed by atoms with van der Waals surface area (Å²) in [5.74, 6) is 0.996. The van der Waals surface area contributed by atoms with Gasteiger partial charge in [0.05, 0.1) is 0 Å². The minimum atomic E-state index is 0.323. The van der Waals surface area contributed by atoms with Crippen molar-refractivity contribution in [1.29, 1.82) is 0 Å². The Labute approximate surface area is 111 Å². The van der Waals surface area contributed by atoms with Gasteiger partial charge in [-0.2, -0.15) is 0 Å². The van der Waals surface area contributed by atoms with E-state index in [2.05, 4.69) is 63.3 Å². The van der Waals surface area contributed by atoms with Gasteiger partial charge >= 0.3 is 0 Å². The predicted molar refractivity (Wildman–Crippen MR) is 77.3 cm³/mol. The highest BCUT2D eigenvalue weighted by molar-refractivity contribution is 5.39. The first-order chi connectivity index (χ1) is 8.54. The van der Waals surface area contributed by atoms with Crippen molar-refractivity contribution < 1.29 is 4.74 Å². The first-order valence-corrected chi connectivity index (χ1v) is 6.66. The SMILES string of the molecule is CCNC(C)c1cc(C)ccc1OCCN(C)C. The smallest absolute Gasteiger partial charge is 0.124 e. The van der Waals surface area contributed by atoms with Crippen LogP contribution >= 0.6 is 0 Å². The molecule has 0 saturated heterocycles. The quantitative estimate of drug-likeness (QED) is 0.805. The molecule has 1 unspecified atom stereocenters. The van der Waals surface area contributed by atoms with E-state index in [-0.39, 0.29) is 0 Å². The van der Waals surface area contributed by atoms with Crippen LogP contribution in [0.4, 0.5) is 0 Å². The fourth-order valence-corrected chi connectivity index (χ4v) is 1.89. The number of rotatable bonds is 7. The van der Waals surface area contributed by atoms with Gasteiger partial charge in [-0.1, -0.05) is 24.6 Å². The first kappa shape index (κ1) is 15.0. The summed E-state index contributed by atoms with van der Waals surface area (Å²) in [5.41, 5.74) is 2.52. The molecule has 1 aromatic carbocycles. The minimum absolute atomic E-state index is 0.323. The number of nitrogens with zero attached hydrogens (tertiary/aromatic N) is 1. The Morgan fingerprint density at radius 1 is 1.33 bits per heavy atom. The molecule has 0 bridgehead atoms. The Balaban J connectivity index is 2.76. The van der Waals surface area contributed by atoms with E-state index in [1.165, 1.54) is 11.1 Å². The van der Waals surface area contributed by atoms with E-state index in [1.807, 2.05) is 0 Å². The Morgan fingerprint density at radius 2 is 2.06 bits per heavy atom. The summed E-state index contributed by atoms with van der Waals surface area (Å²) < 4.78 is 5.89. The third-order valence-corrected chi connectivity index (χ3v) is 2.94. The predicted octanol–water partition coefficient (Wildman–Crippen LogP) is 2.61. The highest BCUT2D eigenvalue weighted by Crippen LogP contribution is 2.26. The zero-order valence-corrected chi connectivity index (χ0v) is 12.3. The Morgan fingerprint density at radius 3 is 2.67 bits per heavy atom. The Kier molecular flexibility index (Phi) is 6.16. The van der Waals surface area contributed by atoms with Crippen molar-refractivity contribution in [3.63, 3.8) is 0 Å². The summed E-state index contributed by atoms with van der Waals surface area (Å²) in [5, 5.41) is 3.44. The molecule has 1 rings (SSSR count). The van der Waals surface area contributed by atoms with E-state index in [9.17, 15) is 0 Å². The van der Waals surface area contributed by atoms with Crippen molar-refractivity contribution in [2.24, 2.45) is 0 Å². The summed E-state index contributed by atoms with van der Waals surface area (Å²) >= 11 is 0. The molecule has 3 nitrogen and oxygen atoms in total. The van der Waals surface area contributed by atoms with Crippen LogP contribution < -0.4 is 10.1 Å². The maximum atomic E-state index is 5.89. The van der Waals surface area contributed by atoms with Crippen LogP contribution in [0.2, 0.25) is 0 Å². The number of likely N-dealkylation sites (N-methyl/N-ethyl adjacent to an activating group) is 1. The summed E-state index contributed by atoms with van der Waals surface area (Å²) in [7, 11) is 4.11. The number of hydrogen-bond donors (Lipinski definition) is 1.